The molecule has 0 radical (unpaired) electrons. The molecule has 2 aromatic rings. The number of hydrogen-bond donors (Lipinski definition) is 0. The molecule has 0 saturated carbocycles. The predicted molar refractivity (Wildman–Crippen MR) is 99.1 cm³/mol. The zero-order valence-electron chi connectivity index (χ0n) is 14.8. The van der Waals surface area contributed by atoms with Crippen molar-refractivity contribution in [3.05, 3.63) is 54.4 Å². The van der Waals surface area contributed by atoms with Crippen LogP contribution in [0.4, 0.5) is 5.95 Å². The maximum atomic E-state index is 13.1. The van der Waals surface area contributed by atoms with Crippen molar-refractivity contribution in [3.63, 3.8) is 0 Å². The first-order chi connectivity index (χ1) is 12.3. The molecule has 1 amide bonds. The Hall–Kier alpha value is -2.43. The van der Waals surface area contributed by atoms with E-state index in [9.17, 15) is 4.79 Å². The Kier molecular flexibility index (Phi) is 5.99. The molecule has 0 N–H and O–H groups in total. The number of piperidine rings is 1. The van der Waals surface area contributed by atoms with Crippen molar-refractivity contribution >= 4 is 11.9 Å². The third-order valence-electron chi connectivity index (χ3n) is 4.63. The molecule has 1 aromatic carbocycles. The zero-order chi connectivity index (χ0) is 17.5. The molecule has 0 bridgehead atoms. The fraction of sp³-hybridized carbons (Fsp3) is 0.450. The molecule has 132 valence electrons. The fourth-order valence-corrected chi connectivity index (χ4v) is 3.41. The van der Waals surface area contributed by atoms with Crippen molar-refractivity contribution in [2.45, 2.75) is 32.7 Å². The van der Waals surface area contributed by atoms with Crippen LogP contribution in [-0.2, 0) is 11.3 Å². The van der Waals surface area contributed by atoms with E-state index >= 15 is 0 Å². The second-order valence-electron chi connectivity index (χ2n) is 6.58. The molecular weight excluding hydrogens is 312 g/mol. The molecule has 1 aromatic heterocycles. The largest absolute Gasteiger partial charge is 0.340 e. The average molecular weight is 338 g/mol. The van der Waals surface area contributed by atoms with Crippen molar-refractivity contribution < 1.29 is 4.79 Å². The maximum absolute atomic E-state index is 13.1. The lowest BCUT2D eigenvalue weighted by Crippen LogP contribution is -2.45. The lowest BCUT2D eigenvalue weighted by atomic mass is 9.96. The van der Waals surface area contributed by atoms with Crippen LogP contribution in [0, 0.1) is 5.92 Å². The van der Waals surface area contributed by atoms with Crippen LogP contribution in [0.5, 0.6) is 0 Å². The van der Waals surface area contributed by atoms with Crippen LogP contribution in [0.2, 0.25) is 0 Å². The van der Waals surface area contributed by atoms with Gasteiger partial charge in [0.25, 0.3) is 0 Å². The van der Waals surface area contributed by atoms with E-state index in [1.165, 1.54) is 5.56 Å². The van der Waals surface area contributed by atoms with Crippen LogP contribution in [0.15, 0.2) is 48.8 Å². The van der Waals surface area contributed by atoms with E-state index in [0.717, 1.165) is 38.3 Å². The van der Waals surface area contributed by atoms with Crippen molar-refractivity contribution in [2.75, 3.05) is 24.5 Å². The van der Waals surface area contributed by atoms with E-state index in [0.29, 0.717) is 13.1 Å². The van der Waals surface area contributed by atoms with Gasteiger partial charge < -0.3 is 9.80 Å². The van der Waals surface area contributed by atoms with Crippen LogP contribution in [0.3, 0.4) is 0 Å². The van der Waals surface area contributed by atoms with Gasteiger partial charge in [-0.25, -0.2) is 9.97 Å². The minimum Gasteiger partial charge on any atom is -0.340 e. The van der Waals surface area contributed by atoms with E-state index in [1.807, 2.05) is 29.2 Å². The normalized spacial score (nSPS) is 17.3. The molecule has 1 aliphatic heterocycles. The summed E-state index contributed by atoms with van der Waals surface area (Å²) in [6, 6.07) is 12.0. The molecule has 5 nitrogen and oxygen atoms in total. The van der Waals surface area contributed by atoms with Gasteiger partial charge in [0.15, 0.2) is 0 Å². The van der Waals surface area contributed by atoms with Crippen LogP contribution in [0.1, 0.15) is 31.7 Å². The van der Waals surface area contributed by atoms with Gasteiger partial charge >= 0.3 is 0 Å². The molecule has 3 rings (SSSR count). The summed E-state index contributed by atoms with van der Waals surface area (Å²) >= 11 is 0. The summed E-state index contributed by atoms with van der Waals surface area (Å²) in [5.74, 6) is 1.00. The van der Waals surface area contributed by atoms with Crippen molar-refractivity contribution in [1.29, 1.82) is 0 Å². The van der Waals surface area contributed by atoms with Gasteiger partial charge in [0.2, 0.25) is 11.9 Å². The summed E-state index contributed by atoms with van der Waals surface area (Å²) in [5, 5.41) is 0. The second kappa shape index (κ2) is 8.60. The van der Waals surface area contributed by atoms with Crippen LogP contribution < -0.4 is 4.90 Å². The first-order valence-corrected chi connectivity index (χ1v) is 9.12. The number of amides is 1. The number of carbonyl (C=O) groups is 1. The Morgan fingerprint density at radius 3 is 2.68 bits per heavy atom. The Balaban J connectivity index is 1.68. The topological polar surface area (TPSA) is 49.3 Å². The lowest BCUT2D eigenvalue weighted by Gasteiger charge is -2.35. The number of rotatable bonds is 6. The van der Waals surface area contributed by atoms with E-state index in [-0.39, 0.29) is 11.8 Å². The summed E-state index contributed by atoms with van der Waals surface area (Å²) in [6.07, 6.45) is 6.42. The van der Waals surface area contributed by atoms with Gasteiger partial charge in [-0.1, -0.05) is 37.3 Å². The Labute approximate surface area is 149 Å². The van der Waals surface area contributed by atoms with Crippen molar-refractivity contribution in [3.8, 4) is 0 Å². The number of aromatic nitrogens is 2. The molecule has 1 atom stereocenters. The molecule has 1 saturated heterocycles. The van der Waals surface area contributed by atoms with Gasteiger partial charge in [-0.3, -0.25) is 4.79 Å². The standard InChI is InChI=1S/C20H26N4O/c1-2-13-23(15-17-8-4-3-5-9-17)19(25)18-10-6-14-24(16-18)20-21-11-7-12-22-20/h3-5,7-9,11-12,18H,2,6,10,13-16H2,1H3. The number of hydrogen-bond acceptors (Lipinski definition) is 4. The van der Waals surface area contributed by atoms with Gasteiger partial charge in [0, 0.05) is 38.6 Å². The first kappa shape index (κ1) is 17.4. The summed E-state index contributed by atoms with van der Waals surface area (Å²) < 4.78 is 0. The van der Waals surface area contributed by atoms with Crippen LogP contribution in [0.25, 0.3) is 0 Å². The lowest BCUT2D eigenvalue weighted by molar-refractivity contribution is -0.136. The molecule has 5 heteroatoms. The van der Waals surface area contributed by atoms with Gasteiger partial charge in [0.1, 0.15) is 0 Å². The van der Waals surface area contributed by atoms with Crippen molar-refractivity contribution in [2.24, 2.45) is 5.92 Å². The summed E-state index contributed by atoms with van der Waals surface area (Å²) in [7, 11) is 0. The molecule has 1 fully saturated rings. The maximum Gasteiger partial charge on any atom is 0.227 e. The number of carbonyl (C=O) groups excluding carboxylic acids is 1. The summed E-state index contributed by atoms with van der Waals surface area (Å²) in [5.41, 5.74) is 1.18. The zero-order valence-corrected chi connectivity index (χ0v) is 14.8. The molecule has 1 aliphatic rings. The highest BCUT2D eigenvalue weighted by Gasteiger charge is 2.30. The SMILES string of the molecule is CCCN(Cc1ccccc1)C(=O)C1CCCN(c2ncccn2)C1. The first-order valence-electron chi connectivity index (χ1n) is 9.12. The van der Waals surface area contributed by atoms with Crippen molar-refractivity contribution in [1.82, 2.24) is 14.9 Å². The number of benzene rings is 1. The summed E-state index contributed by atoms with van der Waals surface area (Å²) in [4.78, 5) is 25.9. The Morgan fingerprint density at radius 2 is 1.96 bits per heavy atom. The quantitative estimate of drug-likeness (QED) is 0.812. The van der Waals surface area contributed by atoms with Crippen LogP contribution in [-0.4, -0.2) is 40.4 Å². The Morgan fingerprint density at radius 1 is 1.20 bits per heavy atom. The predicted octanol–water partition coefficient (Wildman–Crippen LogP) is 3.13. The van der Waals surface area contributed by atoms with E-state index in [1.54, 1.807) is 12.4 Å². The highest BCUT2D eigenvalue weighted by atomic mass is 16.2. The highest BCUT2D eigenvalue weighted by molar-refractivity contribution is 5.79. The van der Waals surface area contributed by atoms with Gasteiger partial charge in [-0.2, -0.15) is 0 Å². The second-order valence-corrected chi connectivity index (χ2v) is 6.58. The minimum atomic E-state index is 0.0211. The molecule has 0 spiro atoms. The molecule has 0 aliphatic carbocycles. The third kappa shape index (κ3) is 4.56. The van der Waals surface area contributed by atoms with Gasteiger partial charge in [-0.15, -0.1) is 0 Å². The average Bonchev–Trinajstić information content (AvgIpc) is 2.69. The Bertz CT molecular complexity index is 662. The van der Waals surface area contributed by atoms with E-state index in [2.05, 4.69) is 33.9 Å². The number of nitrogens with zero attached hydrogens (tertiary/aromatic N) is 4. The van der Waals surface area contributed by atoms with E-state index in [4.69, 9.17) is 0 Å². The number of anilines is 1. The van der Waals surface area contributed by atoms with E-state index < -0.39 is 0 Å². The monoisotopic (exact) mass is 338 g/mol. The minimum absolute atomic E-state index is 0.0211. The smallest absolute Gasteiger partial charge is 0.227 e. The highest BCUT2D eigenvalue weighted by Crippen LogP contribution is 2.22. The van der Waals surface area contributed by atoms with Gasteiger partial charge in [0.05, 0.1) is 5.92 Å². The summed E-state index contributed by atoms with van der Waals surface area (Å²) in [6.45, 7) is 5.23. The molecule has 1 unspecified atom stereocenters. The molecule has 2 heterocycles. The van der Waals surface area contributed by atoms with Gasteiger partial charge in [-0.05, 0) is 30.9 Å². The third-order valence-corrected chi connectivity index (χ3v) is 4.63. The van der Waals surface area contributed by atoms with Crippen LogP contribution >= 0.6 is 0 Å². The fourth-order valence-electron chi connectivity index (χ4n) is 3.41. The molecule has 25 heavy (non-hydrogen) atoms. The molecular formula is C20H26N4O.